The number of urea groups is 1. The number of hydrogen-bond donors (Lipinski definition) is 3. The van der Waals surface area contributed by atoms with Crippen molar-refractivity contribution in [2.24, 2.45) is 17.8 Å². The molecular formula is C15H28N2O3. The average molecular weight is 284 g/mol. The van der Waals surface area contributed by atoms with Gasteiger partial charge in [-0.2, -0.15) is 0 Å². The zero-order valence-electron chi connectivity index (χ0n) is 12.8. The Hall–Kier alpha value is -1.26. The van der Waals surface area contributed by atoms with E-state index in [2.05, 4.69) is 17.6 Å². The van der Waals surface area contributed by atoms with Gasteiger partial charge in [0, 0.05) is 12.6 Å². The van der Waals surface area contributed by atoms with Gasteiger partial charge >= 0.3 is 12.0 Å². The van der Waals surface area contributed by atoms with Crippen molar-refractivity contribution in [2.75, 3.05) is 6.54 Å². The Labute approximate surface area is 121 Å². The van der Waals surface area contributed by atoms with Gasteiger partial charge < -0.3 is 15.7 Å². The molecule has 5 nitrogen and oxygen atoms in total. The largest absolute Gasteiger partial charge is 0.481 e. The van der Waals surface area contributed by atoms with Crippen LogP contribution < -0.4 is 10.6 Å². The first-order valence-electron chi connectivity index (χ1n) is 7.69. The topological polar surface area (TPSA) is 78.4 Å². The number of aliphatic carboxylic acids is 1. The first kappa shape index (κ1) is 16.8. The fourth-order valence-corrected chi connectivity index (χ4v) is 2.38. The van der Waals surface area contributed by atoms with Crippen molar-refractivity contribution in [3.8, 4) is 0 Å². The SMILES string of the molecule is CCC(CC1CC1)NC(=O)NCC(CC(C)C)C(=O)O. The van der Waals surface area contributed by atoms with Crippen LogP contribution in [0.3, 0.4) is 0 Å². The number of carbonyl (C=O) groups excluding carboxylic acids is 1. The number of carboxylic acid groups (broad SMARTS) is 1. The van der Waals surface area contributed by atoms with Crippen molar-refractivity contribution in [3.05, 3.63) is 0 Å². The summed E-state index contributed by atoms with van der Waals surface area (Å²) in [6.07, 6.45) is 5.08. The van der Waals surface area contributed by atoms with E-state index < -0.39 is 11.9 Å². The van der Waals surface area contributed by atoms with Crippen LogP contribution in [0, 0.1) is 17.8 Å². The smallest absolute Gasteiger partial charge is 0.315 e. The molecule has 2 atom stereocenters. The highest BCUT2D eigenvalue weighted by Gasteiger charge is 2.26. The minimum Gasteiger partial charge on any atom is -0.481 e. The molecule has 1 fully saturated rings. The molecule has 0 heterocycles. The summed E-state index contributed by atoms with van der Waals surface area (Å²) in [7, 11) is 0. The van der Waals surface area contributed by atoms with Crippen LogP contribution in [-0.4, -0.2) is 29.7 Å². The van der Waals surface area contributed by atoms with E-state index in [4.69, 9.17) is 5.11 Å². The van der Waals surface area contributed by atoms with E-state index in [1.807, 2.05) is 13.8 Å². The van der Waals surface area contributed by atoms with Crippen molar-refractivity contribution < 1.29 is 14.7 Å². The van der Waals surface area contributed by atoms with Crippen molar-refractivity contribution in [1.29, 1.82) is 0 Å². The van der Waals surface area contributed by atoms with Gasteiger partial charge in [0.15, 0.2) is 0 Å². The second-order valence-corrected chi connectivity index (χ2v) is 6.30. The summed E-state index contributed by atoms with van der Waals surface area (Å²) in [4.78, 5) is 22.9. The Morgan fingerprint density at radius 1 is 1.30 bits per heavy atom. The first-order valence-corrected chi connectivity index (χ1v) is 7.69. The second kappa shape index (κ2) is 8.12. The van der Waals surface area contributed by atoms with E-state index >= 15 is 0 Å². The highest BCUT2D eigenvalue weighted by atomic mass is 16.4. The lowest BCUT2D eigenvalue weighted by molar-refractivity contribution is -0.142. The van der Waals surface area contributed by atoms with Crippen LogP contribution in [-0.2, 0) is 4.79 Å². The van der Waals surface area contributed by atoms with Gasteiger partial charge in [0.05, 0.1) is 5.92 Å². The van der Waals surface area contributed by atoms with Crippen LogP contribution in [0.25, 0.3) is 0 Å². The minimum absolute atomic E-state index is 0.194. The molecule has 0 saturated heterocycles. The molecule has 2 amide bonds. The van der Waals surface area contributed by atoms with Gasteiger partial charge in [0.25, 0.3) is 0 Å². The van der Waals surface area contributed by atoms with Gasteiger partial charge in [-0.1, -0.05) is 33.6 Å². The quantitative estimate of drug-likeness (QED) is 0.609. The molecule has 0 aliphatic heterocycles. The average Bonchev–Trinajstić information content (AvgIpc) is 3.16. The predicted octanol–water partition coefficient (Wildman–Crippen LogP) is 2.61. The van der Waals surface area contributed by atoms with Gasteiger partial charge in [-0.3, -0.25) is 4.79 Å². The molecule has 0 aromatic heterocycles. The summed E-state index contributed by atoms with van der Waals surface area (Å²) in [5, 5.41) is 14.8. The number of carboxylic acids is 1. The molecule has 0 spiro atoms. The van der Waals surface area contributed by atoms with Crippen molar-refractivity contribution >= 4 is 12.0 Å². The predicted molar refractivity (Wildman–Crippen MR) is 78.5 cm³/mol. The summed E-state index contributed by atoms with van der Waals surface area (Å²) in [5.41, 5.74) is 0. The van der Waals surface area contributed by atoms with Crippen molar-refractivity contribution in [3.63, 3.8) is 0 Å². The van der Waals surface area contributed by atoms with Gasteiger partial charge in [0.2, 0.25) is 0 Å². The van der Waals surface area contributed by atoms with E-state index in [9.17, 15) is 9.59 Å². The fourth-order valence-electron chi connectivity index (χ4n) is 2.38. The summed E-state index contributed by atoms with van der Waals surface area (Å²) in [6.45, 7) is 6.23. The number of hydrogen-bond acceptors (Lipinski definition) is 2. The van der Waals surface area contributed by atoms with Crippen LogP contribution in [0.15, 0.2) is 0 Å². The molecule has 3 N–H and O–H groups in total. The third-order valence-electron chi connectivity index (χ3n) is 3.76. The van der Waals surface area contributed by atoms with Gasteiger partial charge in [0.1, 0.15) is 0 Å². The highest BCUT2D eigenvalue weighted by Crippen LogP contribution is 2.33. The Balaban J connectivity index is 2.30. The third kappa shape index (κ3) is 6.78. The highest BCUT2D eigenvalue weighted by molar-refractivity contribution is 5.76. The number of amides is 2. The Bertz CT molecular complexity index is 327. The lowest BCUT2D eigenvalue weighted by Gasteiger charge is -2.19. The fraction of sp³-hybridized carbons (Fsp3) is 0.867. The molecule has 0 bridgehead atoms. The molecule has 1 aliphatic rings. The molecule has 1 aliphatic carbocycles. The zero-order chi connectivity index (χ0) is 15.1. The summed E-state index contributed by atoms with van der Waals surface area (Å²) in [5.74, 6) is -0.277. The minimum atomic E-state index is -0.843. The summed E-state index contributed by atoms with van der Waals surface area (Å²) < 4.78 is 0. The van der Waals surface area contributed by atoms with Crippen LogP contribution in [0.4, 0.5) is 4.79 Å². The third-order valence-corrected chi connectivity index (χ3v) is 3.76. The molecule has 0 aromatic rings. The molecule has 0 radical (unpaired) electrons. The van der Waals surface area contributed by atoms with Gasteiger partial charge in [-0.25, -0.2) is 4.79 Å². The van der Waals surface area contributed by atoms with Gasteiger partial charge in [-0.15, -0.1) is 0 Å². The molecule has 2 unspecified atom stereocenters. The Kier molecular flexibility index (Phi) is 6.82. The monoisotopic (exact) mass is 284 g/mol. The van der Waals surface area contributed by atoms with Crippen molar-refractivity contribution in [2.45, 2.75) is 58.9 Å². The number of carbonyl (C=O) groups is 2. The van der Waals surface area contributed by atoms with E-state index in [0.29, 0.717) is 12.3 Å². The summed E-state index contributed by atoms with van der Waals surface area (Å²) >= 11 is 0. The molecule has 5 heteroatoms. The van der Waals surface area contributed by atoms with Crippen LogP contribution in [0.2, 0.25) is 0 Å². The maximum Gasteiger partial charge on any atom is 0.315 e. The lowest BCUT2D eigenvalue weighted by atomic mass is 9.97. The first-order chi connectivity index (χ1) is 9.42. The van der Waals surface area contributed by atoms with Crippen molar-refractivity contribution in [1.82, 2.24) is 10.6 Å². The zero-order valence-corrected chi connectivity index (χ0v) is 12.8. The Morgan fingerprint density at radius 2 is 1.95 bits per heavy atom. The molecule has 1 rings (SSSR count). The normalized spacial score (nSPS) is 17.6. The second-order valence-electron chi connectivity index (χ2n) is 6.30. The van der Waals surface area contributed by atoms with E-state index in [1.165, 1.54) is 12.8 Å². The lowest BCUT2D eigenvalue weighted by Crippen LogP contribution is -2.44. The number of nitrogens with one attached hydrogen (secondary N) is 2. The van der Waals surface area contributed by atoms with Gasteiger partial charge in [-0.05, 0) is 31.1 Å². The summed E-state index contributed by atoms with van der Waals surface area (Å²) in [6, 6.07) is -0.0385. The van der Waals surface area contributed by atoms with E-state index in [0.717, 1.165) is 18.8 Å². The maximum absolute atomic E-state index is 11.8. The molecule has 20 heavy (non-hydrogen) atoms. The van der Waals surface area contributed by atoms with Crippen LogP contribution in [0.5, 0.6) is 0 Å². The molecular weight excluding hydrogens is 256 g/mol. The molecule has 1 saturated carbocycles. The maximum atomic E-state index is 11.8. The molecule has 116 valence electrons. The van der Waals surface area contributed by atoms with Crippen LogP contribution in [0.1, 0.15) is 52.9 Å². The molecule has 0 aromatic carbocycles. The van der Waals surface area contributed by atoms with Crippen LogP contribution >= 0.6 is 0 Å². The van der Waals surface area contributed by atoms with E-state index in [1.54, 1.807) is 0 Å². The Morgan fingerprint density at radius 3 is 2.40 bits per heavy atom. The van der Waals surface area contributed by atoms with E-state index in [-0.39, 0.29) is 18.6 Å². The number of rotatable bonds is 9. The standard InChI is InChI=1S/C15H28N2O3/c1-4-13(8-11-5-6-11)17-15(20)16-9-12(14(18)19)7-10(2)3/h10-13H,4-9H2,1-3H3,(H,18,19)(H2,16,17,20).